The first-order valence-corrected chi connectivity index (χ1v) is 6.45. The van der Waals surface area contributed by atoms with Crippen LogP contribution in [-0.4, -0.2) is 48.9 Å². The number of carbonyl (C=O) groups excluding carboxylic acids is 1. The van der Waals surface area contributed by atoms with Gasteiger partial charge in [-0.15, -0.1) is 0 Å². The molecule has 1 aromatic carbocycles. The Morgan fingerprint density at radius 3 is 2.85 bits per heavy atom. The average Bonchev–Trinajstić information content (AvgIpc) is 2.86. The van der Waals surface area contributed by atoms with E-state index in [-0.39, 0.29) is 23.6 Å². The summed E-state index contributed by atoms with van der Waals surface area (Å²) in [6.07, 6.45) is -0.161. The minimum Gasteiger partial charge on any atom is -0.478 e. The molecule has 108 valence electrons. The van der Waals surface area contributed by atoms with E-state index in [1.165, 1.54) is 12.1 Å². The van der Waals surface area contributed by atoms with Gasteiger partial charge in [0.1, 0.15) is 6.10 Å². The molecule has 0 spiro atoms. The van der Waals surface area contributed by atoms with Gasteiger partial charge in [0.25, 0.3) is 5.91 Å². The van der Waals surface area contributed by atoms with Crippen LogP contribution in [0.15, 0.2) is 24.3 Å². The second-order valence-corrected chi connectivity index (χ2v) is 4.50. The van der Waals surface area contributed by atoms with Crippen LogP contribution in [0.1, 0.15) is 27.6 Å². The van der Waals surface area contributed by atoms with Crippen molar-refractivity contribution < 1.29 is 24.2 Å². The molecule has 1 aliphatic heterocycles. The van der Waals surface area contributed by atoms with Crippen LogP contribution in [0.4, 0.5) is 0 Å². The van der Waals surface area contributed by atoms with Gasteiger partial charge in [0.15, 0.2) is 0 Å². The largest absolute Gasteiger partial charge is 0.478 e. The summed E-state index contributed by atoms with van der Waals surface area (Å²) >= 11 is 0. The Hall–Kier alpha value is -1.92. The molecule has 1 aromatic rings. The van der Waals surface area contributed by atoms with E-state index >= 15 is 0 Å². The number of hydrogen-bond donors (Lipinski definition) is 2. The van der Waals surface area contributed by atoms with Gasteiger partial charge in [-0.05, 0) is 25.1 Å². The van der Waals surface area contributed by atoms with Crippen LogP contribution in [0.2, 0.25) is 0 Å². The molecule has 1 amide bonds. The van der Waals surface area contributed by atoms with Gasteiger partial charge in [0.05, 0.1) is 24.8 Å². The predicted molar refractivity (Wildman–Crippen MR) is 70.9 cm³/mol. The minimum atomic E-state index is -1.06. The van der Waals surface area contributed by atoms with Gasteiger partial charge in [0, 0.05) is 12.2 Å². The highest BCUT2D eigenvalue weighted by Gasteiger charge is 2.30. The molecule has 1 fully saturated rings. The summed E-state index contributed by atoms with van der Waals surface area (Å²) in [5.41, 5.74) is 0.397. The summed E-state index contributed by atoms with van der Waals surface area (Å²) < 4.78 is 10.8. The summed E-state index contributed by atoms with van der Waals surface area (Å²) in [5.74, 6) is -1.38. The van der Waals surface area contributed by atoms with E-state index in [0.717, 1.165) is 0 Å². The summed E-state index contributed by atoms with van der Waals surface area (Å²) in [4.78, 5) is 23.0. The fraction of sp³-hybridized carbons (Fsp3) is 0.429. The van der Waals surface area contributed by atoms with Gasteiger partial charge in [0.2, 0.25) is 0 Å². The van der Waals surface area contributed by atoms with Crippen LogP contribution < -0.4 is 5.32 Å². The molecule has 0 aromatic heterocycles. The van der Waals surface area contributed by atoms with Crippen LogP contribution in [-0.2, 0) is 9.47 Å². The number of nitrogens with one attached hydrogen (secondary N) is 1. The molecule has 1 heterocycles. The normalized spacial score (nSPS) is 21.6. The molecule has 0 radical (unpaired) electrons. The van der Waals surface area contributed by atoms with Crippen LogP contribution in [0.3, 0.4) is 0 Å². The van der Waals surface area contributed by atoms with Crippen molar-refractivity contribution in [1.29, 1.82) is 0 Å². The molecule has 0 aliphatic carbocycles. The highest BCUT2D eigenvalue weighted by atomic mass is 16.5. The van der Waals surface area contributed by atoms with Crippen molar-refractivity contribution >= 4 is 11.9 Å². The maximum absolute atomic E-state index is 12.1. The third-order valence-corrected chi connectivity index (χ3v) is 3.10. The Morgan fingerprint density at radius 2 is 2.15 bits per heavy atom. The van der Waals surface area contributed by atoms with E-state index in [9.17, 15) is 9.59 Å². The van der Waals surface area contributed by atoms with Gasteiger partial charge < -0.3 is 19.9 Å². The molecule has 0 unspecified atom stereocenters. The van der Waals surface area contributed by atoms with Gasteiger partial charge >= 0.3 is 5.97 Å². The van der Waals surface area contributed by atoms with Crippen LogP contribution in [0, 0.1) is 0 Å². The second kappa shape index (κ2) is 6.49. The number of amides is 1. The second-order valence-electron chi connectivity index (χ2n) is 4.50. The molecule has 1 aliphatic rings. The zero-order valence-electron chi connectivity index (χ0n) is 11.2. The number of aromatic carboxylic acids is 1. The molecule has 20 heavy (non-hydrogen) atoms. The molecule has 1 saturated heterocycles. The van der Waals surface area contributed by atoms with Crippen LogP contribution >= 0.6 is 0 Å². The van der Waals surface area contributed by atoms with Gasteiger partial charge in [-0.25, -0.2) is 4.79 Å². The summed E-state index contributed by atoms with van der Waals surface area (Å²) in [6, 6.07) is 5.71. The lowest BCUT2D eigenvalue weighted by molar-refractivity contribution is 0.0402. The highest BCUT2D eigenvalue weighted by molar-refractivity contribution is 5.97. The molecule has 0 saturated carbocycles. The lowest BCUT2D eigenvalue weighted by atomic mass is 10.1. The molecule has 2 N–H and O–H groups in total. The third kappa shape index (κ3) is 3.34. The minimum absolute atomic E-state index is 0.0849. The van der Waals surface area contributed by atoms with Crippen LogP contribution in [0.25, 0.3) is 0 Å². The molecule has 6 nitrogen and oxygen atoms in total. The topological polar surface area (TPSA) is 84.9 Å². The van der Waals surface area contributed by atoms with Crippen molar-refractivity contribution in [1.82, 2.24) is 5.32 Å². The number of carboxylic acids is 1. The smallest absolute Gasteiger partial charge is 0.335 e. The summed E-state index contributed by atoms with van der Waals surface area (Å²) in [5, 5.41) is 11.7. The molecular weight excluding hydrogens is 262 g/mol. The zero-order valence-corrected chi connectivity index (χ0v) is 11.2. The first kappa shape index (κ1) is 14.5. The Labute approximate surface area is 116 Å². The Balaban J connectivity index is 2.04. The fourth-order valence-electron chi connectivity index (χ4n) is 2.09. The van der Waals surface area contributed by atoms with E-state index in [2.05, 4.69) is 5.32 Å². The van der Waals surface area contributed by atoms with E-state index in [0.29, 0.717) is 25.4 Å². The number of carboxylic acid groups (broad SMARTS) is 1. The summed E-state index contributed by atoms with van der Waals surface area (Å²) in [6.45, 7) is 3.28. The average molecular weight is 279 g/mol. The lowest BCUT2D eigenvalue weighted by Crippen LogP contribution is -2.43. The molecular formula is C14H17NO5. The standard InChI is InChI=1S/C14H17NO5/c1-2-20-12-8-19-7-11(12)15-13(16)9-4-3-5-10(6-9)14(17)18/h3-6,11-12H,2,7-8H2,1H3,(H,15,16)(H,17,18)/t11-,12-/m0/s1. The number of hydrogen-bond acceptors (Lipinski definition) is 4. The number of benzene rings is 1. The first-order valence-electron chi connectivity index (χ1n) is 6.45. The number of rotatable bonds is 5. The highest BCUT2D eigenvalue weighted by Crippen LogP contribution is 2.12. The van der Waals surface area contributed by atoms with Crippen molar-refractivity contribution in [3.63, 3.8) is 0 Å². The van der Waals surface area contributed by atoms with Crippen molar-refractivity contribution in [2.75, 3.05) is 19.8 Å². The SMILES string of the molecule is CCO[C@H]1COC[C@@H]1NC(=O)c1cccc(C(=O)O)c1. The molecule has 6 heteroatoms. The number of carbonyl (C=O) groups is 2. The van der Waals surface area contributed by atoms with Crippen molar-refractivity contribution in [2.45, 2.75) is 19.1 Å². The maximum Gasteiger partial charge on any atom is 0.335 e. The van der Waals surface area contributed by atoms with Gasteiger partial charge in [-0.3, -0.25) is 4.79 Å². The zero-order chi connectivity index (χ0) is 14.5. The van der Waals surface area contributed by atoms with Gasteiger partial charge in [-0.1, -0.05) is 6.07 Å². The summed E-state index contributed by atoms with van der Waals surface area (Å²) in [7, 11) is 0. The van der Waals surface area contributed by atoms with Gasteiger partial charge in [-0.2, -0.15) is 0 Å². The van der Waals surface area contributed by atoms with Crippen LogP contribution in [0.5, 0.6) is 0 Å². The Morgan fingerprint density at radius 1 is 1.40 bits per heavy atom. The Kier molecular flexibility index (Phi) is 4.70. The monoisotopic (exact) mass is 279 g/mol. The van der Waals surface area contributed by atoms with E-state index in [1.54, 1.807) is 12.1 Å². The van der Waals surface area contributed by atoms with Crippen molar-refractivity contribution in [3.8, 4) is 0 Å². The van der Waals surface area contributed by atoms with Crippen molar-refractivity contribution in [2.24, 2.45) is 0 Å². The van der Waals surface area contributed by atoms with E-state index in [1.807, 2.05) is 6.92 Å². The fourth-order valence-corrected chi connectivity index (χ4v) is 2.09. The molecule has 2 atom stereocenters. The van der Waals surface area contributed by atoms with E-state index < -0.39 is 5.97 Å². The first-order chi connectivity index (χ1) is 9.61. The predicted octanol–water partition coefficient (Wildman–Crippen LogP) is 0.918. The lowest BCUT2D eigenvalue weighted by Gasteiger charge is -2.18. The molecule has 2 rings (SSSR count). The molecule has 0 bridgehead atoms. The maximum atomic E-state index is 12.1. The quantitative estimate of drug-likeness (QED) is 0.837. The Bertz CT molecular complexity index is 502. The number of ether oxygens (including phenoxy) is 2. The third-order valence-electron chi connectivity index (χ3n) is 3.10. The van der Waals surface area contributed by atoms with Crippen molar-refractivity contribution in [3.05, 3.63) is 35.4 Å². The van der Waals surface area contributed by atoms with E-state index in [4.69, 9.17) is 14.6 Å².